The Kier molecular flexibility index (Phi) is 6.74. The molecule has 2 N–H and O–H groups in total. The molecule has 0 fully saturated rings. The first kappa shape index (κ1) is 15.3. The zero-order valence-corrected chi connectivity index (χ0v) is 11.7. The second-order valence-corrected chi connectivity index (χ2v) is 4.36. The number of urea groups is 1. The molecule has 0 saturated carbocycles. The smallest absolute Gasteiger partial charge is 0.315 e. The first-order valence-corrected chi connectivity index (χ1v) is 6.32. The lowest BCUT2D eigenvalue weighted by atomic mass is 10.1. The summed E-state index contributed by atoms with van der Waals surface area (Å²) in [7, 11) is 3.25. The van der Waals surface area contributed by atoms with Crippen LogP contribution in [-0.2, 0) is 11.2 Å². The molecule has 1 atom stereocenters. The Morgan fingerprint density at radius 2 is 2.16 bits per heavy atom. The average Bonchev–Trinajstić information content (AvgIpc) is 2.39. The van der Waals surface area contributed by atoms with E-state index in [1.807, 2.05) is 31.2 Å². The maximum atomic E-state index is 11.5. The van der Waals surface area contributed by atoms with Crippen molar-refractivity contribution in [3.63, 3.8) is 0 Å². The van der Waals surface area contributed by atoms with Crippen LogP contribution in [0, 0.1) is 0 Å². The van der Waals surface area contributed by atoms with E-state index in [2.05, 4.69) is 10.6 Å². The Morgan fingerprint density at radius 1 is 1.37 bits per heavy atom. The third-order valence-corrected chi connectivity index (χ3v) is 2.63. The Balaban J connectivity index is 2.27. The number of hydrogen-bond acceptors (Lipinski definition) is 3. The molecule has 0 aliphatic heterocycles. The number of carbonyl (C=O) groups is 1. The van der Waals surface area contributed by atoms with Gasteiger partial charge in [-0.05, 0) is 31.0 Å². The summed E-state index contributed by atoms with van der Waals surface area (Å²) in [5, 5.41) is 5.60. The van der Waals surface area contributed by atoms with E-state index < -0.39 is 0 Å². The second-order valence-electron chi connectivity index (χ2n) is 4.36. The van der Waals surface area contributed by atoms with E-state index in [4.69, 9.17) is 9.47 Å². The number of rotatable bonds is 7. The van der Waals surface area contributed by atoms with Gasteiger partial charge < -0.3 is 20.1 Å². The maximum Gasteiger partial charge on any atom is 0.315 e. The van der Waals surface area contributed by atoms with Gasteiger partial charge in [0, 0.05) is 13.7 Å². The van der Waals surface area contributed by atoms with Crippen LogP contribution in [0.2, 0.25) is 0 Å². The third-order valence-electron chi connectivity index (χ3n) is 2.63. The summed E-state index contributed by atoms with van der Waals surface area (Å²) in [4.78, 5) is 11.5. The topological polar surface area (TPSA) is 59.6 Å². The molecule has 0 radical (unpaired) electrons. The molecule has 5 heteroatoms. The lowest BCUT2D eigenvalue weighted by Crippen LogP contribution is -2.43. The van der Waals surface area contributed by atoms with Crippen LogP contribution in [-0.4, -0.2) is 39.4 Å². The molecule has 2 amide bonds. The van der Waals surface area contributed by atoms with E-state index >= 15 is 0 Å². The number of benzene rings is 1. The lowest BCUT2D eigenvalue weighted by Gasteiger charge is -2.13. The molecule has 1 rings (SSSR count). The Labute approximate surface area is 114 Å². The Bertz CT molecular complexity index is 396. The first-order chi connectivity index (χ1) is 9.15. The van der Waals surface area contributed by atoms with Crippen molar-refractivity contribution in [1.29, 1.82) is 0 Å². The molecule has 1 aromatic carbocycles. The van der Waals surface area contributed by atoms with Crippen LogP contribution >= 0.6 is 0 Å². The van der Waals surface area contributed by atoms with Gasteiger partial charge in [0.05, 0.1) is 19.8 Å². The van der Waals surface area contributed by atoms with Crippen molar-refractivity contribution >= 4 is 6.03 Å². The fourth-order valence-electron chi connectivity index (χ4n) is 1.71. The second kappa shape index (κ2) is 8.37. The molecule has 0 bridgehead atoms. The van der Waals surface area contributed by atoms with Crippen molar-refractivity contribution < 1.29 is 14.3 Å². The number of nitrogens with one attached hydrogen (secondary N) is 2. The van der Waals surface area contributed by atoms with Gasteiger partial charge in [-0.25, -0.2) is 4.79 Å². The Hall–Kier alpha value is -1.75. The zero-order chi connectivity index (χ0) is 14.1. The van der Waals surface area contributed by atoms with Crippen LogP contribution in [0.3, 0.4) is 0 Å². The number of ether oxygens (including phenoxy) is 2. The fraction of sp³-hybridized carbons (Fsp3) is 0.500. The van der Waals surface area contributed by atoms with Gasteiger partial charge in [0.1, 0.15) is 5.75 Å². The highest BCUT2D eigenvalue weighted by atomic mass is 16.5. The fourth-order valence-corrected chi connectivity index (χ4v) is 1.71. The van der Waals surface area contributed by atoms with Gasteiger partial charge in [-0.15, -0.1) is 0 Å². The maximum absolute atomic E-state index is 11.5. The first-order valence-electron chi connectivity index (χ1n) is 6.32. The van der Waals surface area contributed by atoms with E-state index in [9.17, 15) is 4.79 Å². The summed E-state index contributed by atoms with van der Waals surface area (Å²) in [5.41, 5.74) is 1.13. The summed E-state index contributed by atoms with van der Waals surface area (Å²) >= 11 is 0. The molecule has 0 aliphatic rings. The van der Waals surface area contributed by atoms with Gasteiger partial charge in [-0.3, -0.25) is 0 Å². The van der Waals surface area contributed by atoms with E-state index in [-0.39, 0.29) is 12.1 Å². The molecule has 19 heavy (non-hydrogen) atoms. The third kappa shape index (κ3) is 6.10. The van der Waals surface area contributed by atoms with Gasteiger partial charge in [0.15, 0.2) is 0 Å². The minimum Gasteiger partial charge on any atom is -0.497 e. The predicted molar refractivity (Wildman–Crippen MR) is 74.6 cm³/mol. The summed E-state index contributed by atoms with van der Waals surface area (Å²) in [6.07, 6.45) is 0.767. The molecular formula is C14H22N2O3. The van der Waals surface area contributed by atoms with Crippen molar-refractivity contribution in [1.82, 2.24) is 10.6 Å². The molecule has 0 saturated heterocycles. The molecule has 0 heterocycles. The van der Waals surface area contributed by atoms with Crippen LogP contribution < -0.4 is 15.4 Å². The molecule has 106 valence electrons. The van der Waals surface area contributed by atoms with Crippen LogP contribution in [0.15, 0.2) is 24.3 Å². The highest BCUT2D eigenvalue weighted by molar-refractivity contribution is 5.74. The number of amides is 2. The monoisotopic (exact) mass is 266 g/mol. The van der Waals surface area contributed by atoms with E-state index in [1.165, 1.54) is 0 Å². The van der Waals surface area contributed by atoms with Gasteiger partial charge in [-0.1, -0.05) is 12.1 Å². The van der Waals surface area contributed by atoms with Crippen LogP contribution in [0.5, 0.6) is 5.75 Å². The van der Waals surface area contributed by atoms with Gasteiger partial charge in [0.2, 0.25) is 0 Å². The van der Waals surface area contributed by atoms with Crippen LogP contribution in [0.1, 0.15) is 12.5 Å². The molecular weight excluding hydrogens is 244 g/mol. The molecule has 1 aromatic rings. The van der Waals surface area contributed by atoms with Crippen molar-refractivity contribution in [3.05, 3.63) is 29.8 Å². The summed E-state index contributed by atoms with van der Waals surface area (Å²) in [6.45, 7) is 2.98. The summed E-state index contributed by atoms with van der Waals surface area (Å²) in [6, 6.07) is 7.64. The van der Waals surface area contributed by atoms with Crippen molar-refractivity contribution in [3.8, 4) is 5.75 Å². The molecule has 0 spiro atoms. The van der Waals surface area contributed by atoms with Crippen molar-refractivity contribution in [2.24, 2.45) is 0 Å². The van der Waals surface area contributed by atoms with Crippen molar-refractivity contribution in [2.75, 3.05) is 27.4 Å². The van der Waals surface area contributed by atoms with Crippen LogP contribution in [0.4, 0.5) is 4.79 Å². The minimum atomic E-state index is -0.174. The minimum absolute atomic E-state index is 0.00168. The molecule has 0 aromatic heterocycles. The van der Waals surface area contributed by atoms with E-state index in [1.54, 1.807) is 14.2 Å². The zero-order valence-electron chi connectivity index (χ0n) is 11.7. The number of methoxy groups -OCH3 is 2. The lowest BCUT2D eigenvalue weighted by molar-refractivity contribution is 0.171. The number of hydrogen-bond donors (Lipinski definition) is 2. The van der Waals surface area contributed by atoms with E-state index in [0.717, 1.165) is 17.7 Å². The largest absolute Gasteiger partial charge is 0.497 e. The summed E-state index contributed by atoms with van der Waals surface area (Å²) in [5.74, 6) is 0.829. The van der Waals surface area contributed by atoms with Gasteiger partial charge in [-0.2, -0.15) is 0 Å². The Morgan fingerprint density at radius 3 is 2.84 bits per heavy atom. The quantitative estimate of drug-likeness (QED) is 0.787. The normalized spacial score (nSPS) is 11.7. The summed E-state index contributed by atoms with van der Waals surface area (Å²) < 4.78 is 10.1. The standard InChI is InChI=1S/C14H22N2O3/c1-11(10-18-2)16-14(17)15-8-7-12-5-4-6-13(9-12)19-3/h4-6,9,11H,7-8,10H2,1-3H3,(H2,15,16,17). The van der Waals surface area contributed by atoms with E-state index in [0.29, 0.717) is 13.2 Å². The van der Waals surface area contributed by atoms with Crippen LogP contribution in [0.25, 0.3) is 0 Å². The predicted octanol–water partition coefficient (Wildman–Crippen LogP) is 1.57. The van der Waals surface area contributed by atoms with Gasteiger partial charge in [0.25, 0.3) is 0 Å². The average molecular weight is 266 g/mol. The van der Waals surface area contributed by atoms with Gasteiger partial charge >= 0.3 is 6.03 Å². The SMILES string of the molecule is COCC(C)NC(=O)NCCc1cccc(OC)c1. The number of carbonyl (C=O) groups excluding carboxylic acids is 1. The molecule has 5 nitrogen and oxygen atoms in total. The van der Waals surface area contributed by atoms with Crippen molar-refractivity contribution in [2.45, 2.75) is 19.4 Å². The highest BCUT2D eigenvalue weighted by Crippen LogP contribution is 2.12. The molecule has 1 unspecified atom stereocenters. The molecule has 0 aliphatic carbocycles. The highest BCUT2D eigenvalue weighted by Gasteiger charge is 2.05.